The Kier molecular flexibility index (Phi) is 3.61. The van der Waals surface area contributed by atoms with Crippen LogP contribution in [0.1, 0.15) is 11.1 Å². The lowest BCUT2D eigenvalue weighted by Crippen LogP contribution is -1.97. The molecule has 5 heteroatoms. The summed E-state index contributed by atoms with van der Waals surface area (Å²) in [5.74, 6) is 0. The van der Waals surface area contributed by atoms with Crippen LogP contribution in [0.2, 0.25) is 0 Å². The zero-order valence-electron chi connectivity index (χ0n) is 8.52. The van der Waals surface area contributed by atoms with Crippen molar-refractivity contribution in [2.24, 2.45) is 5.10 Å². The number of hydrogen-bond acceptors (Lipinski definition) is 5. The van der Waals surface area contributed by atoms with Gasteiger partial charge >= 0.3 is 0 Å². The van der Waals surface area contributed by atoms with Gasteiger partial charge in [-0.2, -0.15) is 20.9 Å². The van der Waals surface area contributed by atoms with E-state index in [-0.39, 0.29) is 5.71 Å². The van der Waals surface area contributed by atoms with E-state index < -0.39 is 0 Å². The molecule has 0 aromatic heterocycles. The first-order valence-corrected chi connectivity index (χ1v) is 4.36. The van der Waals surface area contributed by atoms with Gasteiger partial charge in [0.2, 0.25) is 5.71 Å². The average molecular weight is 209 g/mol. The van der Waals surface area contributed by atoms with Crippen LogP contribution in [-0.4, -0.2) is 5.71 Å². The van der Waals surface area contributed by atoms with Gasteiger partial charge in [0.05, 0.1) is 17.3 Å². The smallest absolute Gasteiger partial charge is 0.237 e. The maximum absolute atomic E-state index is 8.79. The van der Waals surface area contributed by atoms with Gasteiger partial charge in [0.15, 0.2) is 0 Å². The molecule has 1 rings (SSSR count). The SMILES string of the molecule is Cc1ccc(NN=C(C#N)C#N)cc1C#N. The first-order chi connectivity index (χ1) is 7.71. The summed E-state index contributed by atoms with van der Waals surface area (Å²) in [5.41, 5.74) is 4.22. The maximum Gasteiger partial charge on any atom is 0.237 e. The first kappa shape index (κ1) is 11.2. The Morgan fingerprint density at radius 3 is 2.50 bits per heavy atom. The molecule has 5 nitrogen and oxygen atoms in total. The second kappa shape index (κ2) is 5.14. The van der Waals surface area contributed by atoms with Crippen LogP contribution in [0.5, 0.6) is 0 Å². The largest absolute Gasteiger partial charge is 0.276 e. The van der Waals surface area contributed by atoms with Crippen molar-refractivity contribution >= 4 is 11.4 Å². The predicted molar refractivity (Wildman–Crippen MR) is 58.2 cm³/mol. The van der Waals surface area contributed by atoms with Gasteiger partial charge in [-0.1, -0.05) is 6.07 Å². The molecule has 1 aromatic rings. The third-order valence-electron chi connectivity index (χ3n) is 1.87. The highest BCUT2D eigenvalue weighted by Crippen LogP contribution is 2.14. The maximum atomic E-state index is 8.79. The average Bonchev–Trinajstić information content (AvgIpc) is 2.32. The van der Waals surface area contributed by atoms with Gasteiger partial charge in [-0.25, -0.2) is 0 Å². The standard InChI is InChI=1S/C11H7N5/c1-8-2-3-10(4-9(8)5-12)15-16-11(6-13)7-14/h2-4,15H,1H3. The topological polar surface area (TPSA) is 95.8 Å². The molecule has 0 aliphatic carbocycles. The zero-order chi connectivity index (χ0) is 12.0. The second-order valence-electron chi connectivity index (χ2n) is 2.94. The number of benzene rings is 1. The summed E-state index contributed by atoms with van der Waals surface area (Å²) < 4.78 is 0. The van der Waals surface area contributed by atoms with Crippen LogP contribution in [0.3, 0.4) is 0 Å². The lowest BCUT2D eigenvalue weighted by molar-refractivity contribution is 1.31. The van der Waals surface area contributed by atoms with Gasteiger partial charge in [-0.3, -0.25) is 5.43 Å². The van der Waals surface area contributed by atoms with Crippen molar-refractivity contribution in [3.05, 3.63) is 29.3 Å². The minimum absolute atomic E-state index is 0.265. The molecule has 0 amide bonds. The summed E-state index contributed by atoms with van der Waals surface area (Å²) in [6, 6.07) is 10.4. The Bertz CT molecular complexity index is 535. The Morgan fingerprint density at radius 1 is 1.25 bits per heavy atom. The number of hydrogen-bond donors (Lipinski definition) is 1. The molecule has 0 aliphatic heterocycles. The summed E-state index contributed by atoms with van der Waals surface area (Å²) in [6.45, 7) is 1.82. The normalized spacial score (nSPS) is 8.12. The highest BCUT2D eigenvalue weighted by Gasteiger charge is 1.99. The number of aryl methyl sites for hydroxylation is 1. The van der Waals surface area contributed by atoms with Crippen molar-refractivity contribution in [2.75, 3.05) is 5.43 Å². The lowest BCUT2D eigenvalue weighted by atomic mass is 10.1. The van der Waals surface area contributed by atoms with E-state index in [4.69, 9.17) is 15.8 Å². The molecule has 0 saturated carbocycles. The molecule has 0 aliphatic rings. The number of nitriles is 3. The summed E-state index contributed by atoms with van der Waals surface area (Å²) in [5, 5.41) is 29.3. The van der Waals surface area contributed by atoms with Crippen LogP contribution >= 0.6 is 0 Å². The molecule has 0 spiro atoms. The molecule has 1 N–H and O–H groups in total. The van der Waals surface area contributed by atoms with Gasteiger partial charge in [0, 0.05) is 0 Å². The van der Waals surface area contributed by atoms with Crippen LogP contribution in [0.15, 0.2) is 23.3 Å². The third kappa shape index (κ3) is 2.57. The Balaban J connectivity index is 2.94. The highest BCUT2D eigenvalue weighted by molar-refractivity contribution is 6.10. The summed E-state index contributed by atoms with van der Waals surface area (Å²) in [7, 11) is 0. The Hall–Kier alpha value is -2.84. The number of nitrogens with one attached hydrogen (secondary N) is 1. The van der Waals surface area contributed by atoms with Crippen molar-refractivity contribution in [1.29, 1.82) is 15.8 Å². The fourth-order valence-corrected chi connectivity index (χ4v) is 1.01. The van der Waals surface area contributed by atoms with E-state index in [9.17, 15) is 0 Å². The molecule has 16 heavy (non-hydrogen) atoms. The van der Waals surface area contributed by atoms with E-state index in [1.807, 2.05) is 13.0 Å². The molecule has 1 aromatic carbocycles. The highest BCUT2D eigenvalue weighted by atomic mass is 15.3. The Morgan fingerprint density at radius 2 is 1.94 bits per heavy atom. The summed E-state index contributed by atoms with van der Waals surface area (Å²) in [4.78, 5) is 0. The van der Waals surface area contributed by atoms with Crippen molar-refractivity contribution in [2.45, 2.75) is 6.92 Å². The molecule has 0 heterocycles. The summed E-state index contributed by atoms with van der Waals surface area (Å²) >= 11 is 0. The van der Waals surface area contributed by atoms with Crippen molar-refractivity contribution in [3.63, 3.8) is 0 Å². The molecule has 0 fully saturated rings. The minimum atomic E-state index is -0.265. The first-order valence-electron chi connectivity index (χ1n) is 4.36. The van der Waals surface area contributed by atoms with E-state index in [2.05, 4.69) is 10.5 Å². The van der Waals surface area contributed by atoms with Crippen LogP contribution in [-0.2, 0) is 0 Å². The number of nitrogens with zero attached hydrogens (tertiary/aromatic N) is 4. The van der Waals surface area contributed by atoms with E-state index in [0.717, 1.165) is 5.56 Å². The minimum Gasteiger partial charge on any atom is -0.276 e. The predicted octanol–water partition coefficient (Wildman–Crippen LogP) is 1.68. The van der Waals surface area contributed by atoms with E-state index in [1.165, 1.54) is 0 Å². The van der Waals surface area contributed by atoms with Crippen LogP contribution in [0.4, 0.5) is 5.69 Å². The third-order valence-corrected chi connectivity index (χ3v) is 1.87. The summed E-state index contributed by atoms with van der Waals surface area (Å²) in [6.07, 6.45) is 0. The van der Waals surface area contributed by atoms with Gasteiger partial charge < -0.3 is 0 Å². The van der Waals surface area contributed by atoms with Gasteiger partial charge in [0.1, 0.15) is 12.1 Å². The molecular formula is C11H7N5. The van der Waals surface area contributed by atoms with Crippen LogP contribution in [0.25, 0.3) is 0 Å². The Labute approximate surface area is 92.8 Å². The molecule has 0 radical (unpaired) electrons. The van der Waals surface area contributed by atoms with E-state index >= 15 is 0 Å². The van der Waals surface area contributed by atoms with E-state index in [1.54, 1.807) is 30.3 Å². The van der Waals surface area contributed by atoms with Crippen LogP contribution < -0.4 is 5.43 Å². The quantitative estimate of drug-likeness (QED) is 0.592. The van der Waals surface area contributed by atoms with Gasteiger partial charge in [0.25, 0.3) is 0 Å². The molecule has 0 saturated heterocycles. The monoisotopic (exact) mass is 209 g/mol. The number of rotatable bonds is 2. The molecule has 0 atom stereocenters. The fourth-order valence-electron chi connectivity index (χ4n) is 1.01. The van der Waals surface area contributed by atoms with Gasteiger partial charge in [-0.05, 0) is 24.6 Å². The number of hydrazone groups is 1. The zero-order valence-corrected chi connectivity index (χ0v) is 8.52. The molecule has 0 bridgehead atoms. The lowest BCUT2D eigenvalue weighted by Gasteiger charge is -2.02. The molecule has 0 unspecified atom stereocenters. The van der Waals surface area contributed by atoms with Gasteiger partial charge in [-0.15, -0.1) is 0 Å². The van der Waals surface area contributed by atoms with E-state index in [0.29, 0.717) is 11.3 Å². The van der Waals surface area contributed by atoms with Crippen molar-refractivity contribution in [1.82, 2.24) is 0 Å². The number of anilines is 1. The fraction of sp³-hybridized carbons (Fsp3) is 0.0909. The second-order valence-corrected chi connectivity index (χ2v) is 2.94. The van der Waals surface area contributed by atoms with Crippen LogP contribution in [0, 0.1) is 40.9 Å². The van der Waals surface area contributed by atoms with Crippen molar-refractivity contribution < 1.29 is 0 Å². The van der Waals surface area contributed by atoms with Crippen molar-refractivity contribution in [3.8, 4) is 18.2 Å². The molecular weight excluding hydrogens is 202 g/mol. The molecule has 76 valence electrons.